The minimum atomic E-state index is -0.668. The highest BCUT2D eigenvalue weighted by atomic mass is 35.5. The molecule has 2 aromatic carbocycles. The Hall–Kier alpha value is -2.70. The monoisotopic (exact) mass is 301 g/mol. The van der Waals surface area contributed by atoms with Crippen molar-refractivity contribution in [1.29, 1.82) is 5.26 Å². The largest absolute Gasteiger partial charge is 0.226 e. The molecule has 0 fully saturated rings. The van der Waals surface area contributed by atoms with Gasteiger partial charge in [0.1, 0.15) is 11.6 Å². The lowest BCUT2D eigenvalue weighted by Crippen LogP contribution is -1.97. The van der Waals surface area contributed by atoms with E-state index < -0.39 is 93.8 Å². The number of benzene rings is 2. The lowest BCUT2D eigenvalue weighted by atomic mass is 10.1. The molecule has 0 bridgehead atoms. The maximum Gasteiger partial charge on any atom is 0.161 e. The van der Waals surface area contributed by atoms with Gasteiger partial charge in [0.2, 0.25) is 0 Å². The Balaban J connectivity index is 2.49. The third kappa shape index (κ3) is 2.62. The Morgan fingerprint density at radius 2 is 1.48 bits per heavy atom. The SMILES string of the molecule is [2H]c1c([2H])c([2H])c(-c2nc(Cl)c(C#N)c(-c3c([2H])c([2H])c([2H])c([2H])c3[2H])n2)c([2H])c1[2H]. The average molecular weight is 302 g/mol. The van der Waals surface area contributed by atoms with Gasteiger partial charge in [-0.05, 0) is 0 Å². The van der Waals surface area contributed by atoms with Gasteiger partial charge in [-0.3, -0.25) is 0 Å². The third-order valence-electron chi connectivity index (χ3n) is 2.44. The first-order chi connectivity index (χ1) is 14.4. The number of hydrogen-bond donors (Lipinski definition) is 0. The zero-order valence-electron chi connectivity index (χ0n) is 20.2. The van der Waals surface area contributed by atoms with Gasteiger partial charge in [-0.2, -0.15) is 5.26 Å². The smallest absolute Gasteiger partial charge is 0.161 e. The predicted molar refractivity (Wildman–Crippen MR) is 82.6 cm³/mol. The standard InChI is InChI=1S/C17H10ClN3/c18-16-14(11-19)15(12-7-3-1-4-8-12)20-17(21-16)13-9-5-2-6-10-13/h1-10H/i1D,2D,3D,4D,5D,6D,7D,8D,9D,10D. The van der Waals surface area contributed by atoms with Crippen molar-refractivity contribution in [1.82, 2.24) is 9.97 Å². The summed E-state index contributed by atoms with van der Waals surface area (Å²) in [5.41, 5.74) is -1.65. The molecule has 0 N–H and O–H groups in total. The van der Waals surface area contributed by atoms with Crippen molar-refractivity contribution in [2.45, 2.75) is 0 Å². The van der Waals surface area contributed by atoms with Crippen molar-refractivity contribution >= 4 is 11.6 Å². The van der Waals surface area contributed by atoms with Gasteiger partial charge >= 0.3 is 0 Å². The molecule has 3 rings (SSSR count). The van der Waals surface area contributed by atoms with Crippen LogP contribution in [0, 0.1) is 11.3 Å². The van der Waals surface area contributed by atoms with E-state index >= 15 is 0 Å². The van der Waals surface area contributed by atoms with Crippen LogP contribution in [0.2, 0.25) is 5.15 Å². The number of rotatable bonds is 2. The maximum absolute atomic E-state index is 9.50. The molecule has 0 aliphatic rings. The average Bonchev–Trinajstić information content (AvgIpc) is 2.73. The molecule has 0 aliphatic carbocycles. The molecule has 21 heavy (non-hydrogen) atoms. The molecular formula is C17H10ClN3. The normalized spacial score (nSPS) is 16.8. The van der Waals surface area contributed by atoms with Gasteiger partial charge in [-0.25, -0.2) is 9.97 Å². The summed E-state index contributed by atoms with van der Waals surface area (Å²) in [5, 5.41) is 9.03. The van der Waals surface area contributed by atoms with Gasteiger partial charge in [0.25, 0.3) is 0 Å². The summed E-state index contributed by atoms with van der Waals surface area (Å²) in [6.07, 6.45) is 0. The van der Waals surface area contributed by atoms with Gasteiger partial charge in [-0.15, -0.1) is 0 Å². The van der Waals surface area contributed by atoms with E-state index in [4.69, 9.17) is 25.3 Å². The fourth-order valence-electron chi connectivity index (χ4n) is 1.56. The molecule has 1 aromatic heterocycles. The number of nitriles is 1. The minimum absolute atomic E-state index is 0.392. The van der Waals surface area contributed by atoms with Gasteiger partial charge in [0, 0.05) is 11.1 Å². The highest BCUT2D eigenvalue weighted by Gasteiger charge is 2.15. The minimum Gasteiger partial charge on any atom is -0.226 e. The number of hydrogen-bond acceptors (Lipinski definition) is 3. The Morgan fingerprint density at radius 1 is 0.905 bits per heavy atom. The van der Waals surface area contributed by atoms with Crippen molar-refractivity contribution in [3.8, 4) is 28.7 Å². The summed E-state index contributed by atoms with van der Waals surface area (Å²) in [6.45, 7) is 0. The first kappa shape index (κ1) is 5.97. The molecule has 0 spiro atoms. The first-order valence-electron chi connectivity index (χ1n) is 10.6. The van der Waals surface area contributed by atoms with Crippen LogP contribution in [0.1, 0.15) is 19.3 Å². The molecule has 4 heteroatoms. The van der Waals surface area contributed by atoms with E-state index in [-0.39, 0.29) is 0 Å². The summed E-state index contributed by atoms with van der Waals surface area (Å²) in [6, 6.07) is -4.75. The van der Waals surface area contributed by atoms with Crippen molar-refractivity contribution in [3.63, 3.8) is 0 Å². The molecular weight excluding hydrogens is 282 g/mol. The molecule has 0 unspecified atom stereocenters. The molecule has 3 nitrogen and oxygen atoms in total. The van der Waals surface area contributed by atoms with E-state index in [1.807, 2.05) is 0 Å². The lowest BCUT2D eigenvalue weighted by Gasteiger charge is -2.08. The maximum atomic E-state index is 9.50. The van der Waals surface area contributed by atoms with E-state index in [0.717, 1.165) is 0 Å². The molecule has 100 valence electrons. The Bertz CT molecular complexity index is 1260. The molecule has 3 aromatic rings. The summed E-state index contributed by atoms with van der Waals surface area (Å²) in [5.74, 6) is -0.456. The fraction of sp³-hybridized carbons (Fsp3) is 0. The summed E-state index contributed by atoms with van der Waals surface area (Å²) in [7, 11) is 0. The van der Waals surface area contributed by atoms with Crippen molar-refractivity contribution in [3.05, 3.63) is 71.1 Å². The quantitative estimate of drug-likeness (QED) is 0.662. The van der Waals surface area contributed by atoms with Crippen LogP contribution >= 0.6 is 11.6 Å². The molecule has 0 saturated carbocycles. The third-order valence-corrected chi connectivity index (χ3v) is 2.71. The summed E-state index contributed by atoms with van der Waals surface area (Å²) < 4.78 is 79.1. The number of nitrogens with zero attached hydrogens (tertiary/aromatic N) is 3. The lowest BCUT2D eigenvalue weighted by molar-refractivity contribution is 1.16. The van der Waals surface area contributed by atoms with Gasteiger partial charge < -0.3 is 0 Å². The van der Waals surface area contributed by atoms with E-state index in [2.05, 4.69) is 9.97 Å². The second-order valence-electron chi connectivity index (χ2n) is 3.67. The van der Waals surface area contributed by atoms with Crippen molar-refractivity contribution in [2.75, 3.05) is 0 Å². The second-order valence-corrected chi connectivity index (χ2v) is 4.03. The van der Waals surface area contributed by atoms with Crippen molar-refractivity contribution < 1.29 is 13.7 Å². The molecule has 0 atom stereocenters. The van der Waals surface area contributed by atoms with Crippen molar-refractivity contribution in [2.24, 2.45) is 0 Å². The topological polar surface area (TPSA) is 49.6 Å². The Labute approximate surface area is 141 Å². The molecule has 0 radical (unpaired) electrons. The first-order valence-corrected chi connectivity index (χ1v) is 5.93. The summed E-state index contributed by atoms with van der Waals surface area (Å²) >= 11 is 6.09. The van der Waals surface area contributed by atoms with Crippen LogP contribution < -0.4 is 0 Å². The summed E-state index contributed by atoms with van der Waals surface area (Å²) in [4.78, 5) is 7.92. The number of aromatic nitrogens is 2. The number of halogens is 1. The van der Waals surface area contributed by atoms with Crippen LogP contribution in [0.25, 0.3) is 22.6 Å². The van der Waals surface area contributed by atoms with Gasteiger partial charge in [-0.1, -0.05) is 72.0 Å². The van der Waals surface area contributed by atoms with Crippen LogP contribution in [-0.2, 0) is 0 Å². The van der Waals surface area contributed by atoms with Crippen LogP contribution in [0.5, 0.6) is 0 Å². The zero-order chi connectivity index (χ0) is 23.4. The van der Waals surface area contributed by atoms with Crippen LogP contribution in [-0.4, -0.2) is 9.97 Å². The molecule has 1 heterocycles. The van der Waals surface area contributed by atoms with Gasteiger partial charge in [0.05, 0.1) is 19.4 Å². The Morgan fingerprint density at radius 3 is 2.05 bits per heavy atom. The van der Waals surface area contributed by atoms with E-state index in [1.165, 1.54) is 0 Å². The van der Waals surface area contributed by atoms with Crippen LogP contribution in [0.4, 0.5) is 0 Å². The Kier molecular flexibility index (Phi) is 1.63. The molecule has 0 aliphatic heterocycles. The predicted octanol–water partition coefficient (Wildman–Crippen LogP) is 4.34. The highest BCUT2D eigenvalue weighted by molar-refractivity contribution is 6.31. The van der Waals surface area contributed by atoms with E-state index in [9.17, 15) is 5.26 Å². The van der Waals surface area contributed by atoms with Gasteiger partial charge in [0.15, 0.2) is 11.0 Å². The molecule has 0 saturated heterocycles. The fourth-order valence-corrected chi connectivity index (χ4v) is 1.77. The highest BCUT2D eigenvalue weighted by Crippen LogP contribution is 2.28. The van der Waals surface area contributed by atoms with E-state index in [0.29, 0.717) is 0 Å². The van der Waals surface area contributed by atoms with Crippen LogP contribution in [0.15, 0.2) is 60.4 Å². The zero-order valence-corrected chi connectivity index (χ0v) is 11.0. The van der Waals surface area contributed by atoms with Crippen LogP contribution in [0.3, 0.4) is 0 Å². The second kappa shape index (κ2) is 5.74. The van der Waals surface area contributed by atoms with E-state index in [1.54, 1.807) is 6.07 Å². The molecule has 0 amide bonds.